The molecule has 1 amide bonds. The minimum Gasteiger partial charge on any atom is -0.335 e. The zero-order chi connectivity index (χ0) is 17.1. The van der Waals surface area contributed by atoms with E-state index in [4.69, 9.17) is 23.2 Å². The van der Waals surface area contributed by atoms with Gasteiger partial charge in [0.25, 0.3) is 5.91 Å². The summed E-state index contributed by atoms with van der Waals surface area (Å²) in [5, 5.41) is 2.01. The van der Waals surface area contributed by atoms with Gasteiger partial charge in [-0.25, -0.2) is 4.98 Å². The molecule has 0 atom stereocenters. The monoisotopic (exact) mass is 358 g/mol. The lowest BCUT2D eigenvalue weighted by atomic mass is 10.1. The van der Waals surface area contributed by atoms with Crippen LogP contribution in [0.15, 0.2) is 54.6 Å². The smallest absolute Gasteiger partial charge is 0.254 e. The molecule has 122 valence electrons. The highest BCUT2D eigenvalue weighted by Crippen LogP contribution is 2.19. The average Bonchev–Trinajstić information content (AvgIpc) is 2.58. The van der Waals surface area contributed by atoms with Crippen molar-refractivity contribution in [1.82, 2.24) is 9.88 Å². The Labute approximate surface area is 150 Å². The molecule has 0 spiro atoms. The number of hydrogen-bond donors (Lipinski definition) is 0. The molecule has 0 aliphatic rings. The lowest BCUT2D eigenvalue weighted by Crippen LogP contribution is -2.30. The first-order chi connectivity index (χ1) is 11.6. The third-order valence-corrected chi connectivity index (χ3v) is 4.28. The van der Waals surface area contributed by atoms with Crippen LogP contribution >= 0.6 is 23.2 Å². The van der Waals surface area contributed by atoms with Crippen LogP contribution in [0.25, 0.3) is 10.9 Å². The van der Waals surface area contributed by atoms with Crippen LogP contribution in [0, 0.1) is 0 Å². The summed E-state index contributed by atoms with van der Waals surface area (Å²) in [4.78, 5) is 18.9. The molecule has 5 heteroatoms. The highest BCUT2D eigenvalue weighted by Gasteiger charge is 2.15. The Morgan fingerprint density at radius 1 is 1.08 bits per heavy atom. The van der Waals surface area contributed by atoms with Gasteiger partial charge in [0, 0.05) is 29.1 Å². The highest BCUT2D eigenvalue weighted by molar-refractivity contribution is 6.30. The number of nitrogens with zero attached hydrogens (tertiary/aromatic N) is 2. The predicted molar refractivity (Wildman–Crippen MR) is 98.6 cm³/mol. The summed E-state index contributed by atoms with van der Waals surface area (Å²) >= 11 is 11.9. The number of carbonyl (C=O) groups is 1. The topological polar surface area (TPSA) is 33.2 Å². The number of fused-ring (bicyclic) bond motifs is 1. The molecule has 0 aliphatic heterocycles. The minimum atomic E-state index is -0.0191. The molecule has 0 bridgehead atoms. The Morgan fingerprint density at radius 2 is 1.92 bits per heavy atom. The van der Waals surface area contributed by atoms with Gasteiger partial charge in [-0.1, -0.05) is 35.3 Å². The molecule has 0 fully saturated rings. The van der Waals surface area contributed by atoms with E-state index in [1.165, 1.54) is 0 Å². The van der Waals surface area contributed by atoms with E-state index in [0.29, 0.717) is 28.8 Å². The van der Waals surface area contributed by atoms with Crippen LogP contribution in [0.5, 0.6) is 0 Å². The lowest BCUT2D eigenvalue weighted by molar-refractivity contribution is 0.0753. The molecule has 24 heavy (non-hydrogen) atoms. The summed E-state index contributed by atoms with van der Waals surface area (Å²) < 4.78 is 0. The number of carbonyl (C=O) groups excluding carboxylic acids is 1. The zero-order valence-corrected chi connectivity index (χ0v) is 14.7. The maximum atomic E-state index is 12.8. The van der Waals surface area contributed by atoms with Crippen LogP contribution in [0.2, 0.25) is 10.2 Å². The molecular weight excluding hydrogens is 343 g/mol. The van der Waals surface area contributed by atoms with Crippen LogP contribution in [0.3, 0.4) is 0 Å². The van der Waals surface area contributed by atoms with Crippen molar-refractivity contribution >= 4 is 40.0 Å². The molecule has 0 saturated heterocycles. The standard InChI is InChI=1S/C19H16Cl2N2O/c1-2-23(12-13-4-3-5-16(20)10-13)19(24)15-6-8-17-14(11-15)7-9-18(21)22-17/h3-11H,2,12H2,1H3. The Balaban J connectivity index is 1.86. The predicted octanol–water partition coefficient (Wildman–Crippen LogP) is 5.20. The summed E-state index contributed by atoms with van der Waals surface area (Å²) in [7, 11) is 0. The van der Waals surface area contributed by atoms with Gasteiger partial charge in [-0.2, -0.15) is 0 Å². The molecule has 0 radical (unpaired) electrons. The maximum Gasteiger partial charge on any atom is 0.254 e. The van der Waals surface area contributed by atoms with Crippen molar-refractivity contribution in [1.29, 1.82) is 0 Å². The highest BCUT2D eigenvalue weighted by atomic mass is 35.5. The van der Waals surface area contributed by atoms with E-state index in [1.807, 2.05) is 49.4 Å². The lowest BCUT2D eigenvalue weighted by Gasteiger charge is -2.21. The summed E-state index contributed by atoms with van der Waals surface area (Å²) in [5.74, 6) is -0.0191. The number of rotatable bonds is 4. The first-order valence-electron chi connectivity index (χ1n) is 7.67. The quantitative estimate of drug-likeness (QED) is 0.600. The van der Waals surface area contributed by atoms with Gasteiger partial charge in [0.05, 0.1) is 5.52 Å². The van der Waals surface area contributed by atoms with Crippen LogP contribution in [-0.2, 0) is 6.54 Å². The van der Waals surface area contributed by atoms with E-state index in [-0.39, 0.29) is 5.91 Å². The first kappa shape index (κ1) is 16.7. The van der Waals surface area contributed by atoms with Gasteiger partial charge in [0.2, 0.25) is 0 Å². The molecule has 0 N–H and O–H groups in total. The number of pyridine rings is 1. The van der Waals surface area contributed by atoms with Crippen molar-refractivity contribution in [2.45, 2.75) is 13.5 Å². The maximum absolute atomic E-state index is 12.8. The molecular formula is C19H16Cl2N2O. The number of benzene rings is 2. The normalized spacial score (nSPS) is 10.8. The van der Waals surface area contributed by atoms with Gasteiger partial charge in [0.1, 0.15) is 5.15 Å². The molecule has 3 nitrogen and oxygen atoms in total. The fourth-order valence-electron chi connectivity index (χ4n) is 2.60. The van der Waals surface area contributed by atoms with Gasteiger partial charge < -0.3 is 4.90 Å². The van der Waals surface area contributed by atoms with Crippen LogP contribution in [0.4, 0.5) is 0 Å². The number of halogens is 2. The fraction of sp³-hybridized carbons (Fsp3) is 0.158. The molecule has 1 aromatic heterocycles. The van der Waals surface area contributed by atoms with Crippen molar-refractivity contribution in [2.75, 3.05) is 6.54 Å². The Morgan fingerprint density at radius 3 is 2.67 bits per heavy atom. The van der Waals surface area contributed by atoms with Gasteiger partial charge in [-0.05, 0) is 55.0 Å². The Bertz CT molecular complexity index is 895. The second-order valence-corrected chi connectivity index (χ2v) is 6.31. The molecule has 0 saturated carbocycles. The average molecular weight is 359 g/mol. The third kappa shape index (κ3) is 3.69. The number of hydrogen-bond acceptors (Lipinski definition) is 2. The SMILES string of the molecule is CCN(Cc1cccc(Cl)c1)C(=O)c1ccc2nc(Cl)ccc2c1. The second kappa shape index (κ2) is 7.20. The van der Waals surface area contributed by atoms with E-state index < -0.39 is 0 Å². The molecule has 2 aromatic carbocycles. The minimum absolute atomic E-state index is 0.0191. The van der Waals surface area contributed by atoms with E-state index in [0.717, 1.165) is 16.5 Å². The van der Waals surface area contributed by atoms with Crippen molar-refractivity contribution < 1.29 is 4.79 Å². The molecule has 0 aliphatic carbocycles. The van der Waals surface area contributed by atoms with E-state index in [2.05, 4.69) is 4.98 Å². The zero-order valence-electron chi connectivity index (χ0n) is 13.2. The fourth-order valence-corrected chi connectivity index (χ4v) is 2.97. The van der Waals surface area contributed by atoms with Crippen molar-refractivity contribution in [3.8, 4) is 0 Å². The number of aromatic nitrogens is 1. The summed E-state index contributed by atoms with van der Waals surface area (Å²) in [6, 6.07) is 16.6. The first-order valence-corrected chi connectivity index (χ1v) is 8.42. The molecule has 3 rings (SSSR count). The van der Waals surface area contributed by atoms with E-state index in [1.54, 1.807) is 17.0 Å². The second-order valence-electron chi connectivity index (χ2n) is 5.49. The molecule has 1 heterocycles. The summed E-state index contributed by atoms with van der Waals surface area (Å²) in [6.45, 7) is 3.10. The van der Waals surface area contributed by atoms with Crippen molar-refractivity contribution in [3.05, 3.63) is 75.9 Å². The Hall–Kier alpha value is -2.10. The number of amides is 1. The summed E-state index contributed by atoms with van der Waals surface area (Å²) in [5.41, 5.74) is 2.42. The van der Waals surface area contributed by atoms with Gasteiger partial charge in [0.15, 0.2) is 0 Å². The summed E-state index contributed by atoms with van der Waals surface area (Å²) in [6.07, 6.45) is 0. The molecule has 0 unspecified atom stereocenters. The Kier molecular flexibility index (Phi) is 5.03. The van der Waals surface area contributed by atoms with Gasteiger partial charge in [-0.3, -0.25) is 4.79 Å². The van der Waals surface area contributed by atoms with Crippen LogP contribution in [0.1, 0.15) is 22.8 Å². The third-order valence-electron chi connectivity index (χ3n) is 3.83. The van der Waals surface area contributed by atoms with E-state index in [9.17, 15) is 4.79 Å². The van der Waals surface area contributed by atoms with Crippen LogP contribution < -0.4 is 0 Å². The van der Waals surface area contributed by atoms with Crippen molar-refractivity contribution in [2.24, 2.45) is 0 Å². The van der Waals surface area contributed by atoms with Crippen LogP contribution in [-0.4, -0.2) is 22.3 Å². The van der Waals surface area contributed by atoms with Gasteiger partial charge >= 0.3 is 0 Å². The van der Waals surface area contributed by atoms with Crippen molar-refractivity contribution in [3.63, 3.8) is 0 Å². The van der Waals surface area contributed by atoms with Gasteiger partial charge in [-0.15, -0.1) is 0 Å². The largest absolute Gasteiger partial charge is 0.335 e. The molecule has 3 aromatic rings. The van der Waals surface area contributed by atoms with E-state index >= 15 is 0 Å².